The largest absolute Gasteiger partial charge is 0.481 e. The molecule has 14 heteroatoms. The molecule has 0 amide bonds. The summed E-state index contributed by atoms with van der Waals surface area (Å²) in [4.78, 5) is 40.9. The van der Waals surface area contributed by atoms with Gasteiger partial charge in [-0.15, -0.1) is 0 Å². The Kier molecular flexibility index (Phi) is 22.5. The minimum Gasteiger partial charge on any atom is -0.481 e. The first-order valence-corrected chi connectivity index (χ1v) is 33.7. The zero-order chi connectivity index (χ0) is 71.4. The predicted molar refractivity (Wildman–Crippen MR) is 421 cm³/mol. The topological polar surface area (TPSA) is 161 Å². The van der Waals surface area contributed by atoms with Gasteiger partial charge in [-0.3, -0.25) is 4.79 Å². The number of aromatic amines is 3. The number of carboxylic acid groups (broad SMARTS) is 1. The third kappa shape index (κ3) is 18.3. The van der Waals surface area contributed by atoms with Crippen LogP contribution in [-0.2, 0) is 4.79 Å². The Morgan fingerprint density at radius 2 is 0.447 bits per heavy atom. The number of benzene rings is 12. The van der Waals surface area contributed by atoms with Crippen LogP contribution in [0.2, 0.25) is 0 Å². The van der Waals surface area contributed by atoms with E-state index in [1.165, 1.54) is 0 Å². The minimum atomic E-state index is -0.833. The molecule has 15 aromatic rings. The van der Waals surface area contributed by atoms with Gasteiger partial charge in [-0.1, -0.05) is 146 Å². The fraction of sp³-hybridized carbons (Fsp3) is 0.0787. The molecule has 0 aliphatic heterocycles. The molecule has 0 aliphatic carbocycles. The van der Waals surface area contributed by atoms with E-state index in [-0.39, 0.29) is 0 Å². The summed E-state index contributed by atoms with van der Waals surface area (Å²) in [6.07, 6.45) is 0. The normalized spacial score (nSPS) is 10.6. The molecule has 3 aromatic heterocycles. The Balaban J connectivity index is 0.000000142. The number of para-hydroxylation sites is 3. The molecule has 0 bridgehead atoms. The Morgan fingerprint density at radius 3 is 0.650 bits per heavy atom. The van der Waals surface area contributed by atoms with E-state index in [4.69, 9.17) is 39.1 Å². The van der Waals surface area contributed by atoms with Crippen molar-refractivity contribution in [2.24, 2.45) is 0 Å². The summed E-state index contributed by atoms with van der Waals surface area (Å²) >= 11 is 0. The first kappa shape index (κ1) is 69.4. The van der Waals surface area contributed by atoms with Gasteiger partial charge >= 0.3 is 0 Å². The number of ether oxygens (including phenoxy) is 3. The van der Waals surface area contributed by atoms with E-state index in [0.29, 0.717) is 0 Å². The van der Waals surface area contributed by atoms with Gasteiger partial charge in [0.25, 0.3) is 5.97 Å². The first-order chi connectivity index (χ1) is 50.2. The number of hydrogen-bond donors (Lipinski definition) is 4. The van der Waals surface area contributed by atoms with Crippen molar-refractivity contribution < 1.29 is 24.1 Å². The van der Waals surface area contributed by atoms with Crippen LogP contribution >= 0.6 is 0 Å². The SMILES string of the molecule is CC(=O)O.CN(C)c1ccc(-c2nc(-c3ccccc3)c(-c3ccc(Oc4ccccc4)cc3)[nH]2)cc1.CN(C)c1ccc(-c2nc(-c3ccccc3)c(-c3ccc(Oc4ccccc4)cc3)[nH]2)cc1.CN(C)c1ccc(-c2nc(-c3ccccc3)c(-c3ccc(Oc4ccccc4)cc3)[nH]2)cc1. The van der Waals surface area contributed by atoms with E-state index in [2.05, 4.69) is 175 Å². The van der Waals surface area contributed by atoms with E-state index < -0.39 is 5.97 Å². The molecule has 103 heavy (non-hydrogen) atoms. The third-order valence-corrected chi connectivity index (χ3v) is 16.6. The van der Waals surface area contributed by atoms with Crippen molar-refractivity contribution in [2.45, 2.75) is 6.92 Å². The van der Waals surface area contributed by atoms with E-state index in [1.54, 1.807) is 0 Å². The van der Waals surface area contributed by atoms with Crippen molar-refractivity contribution in [3.05, 3.63) is 328 Å². The Labute approximate surface area is 601 Å². The summed E-state index contributed by atoms with van der Waals surface area (Å²) in [6, 6.07) is 110. The van der Waals surface area contributed by atoms with Crippen LogP contribution in [0.15, 0.2) is 328 Å². The van der Waals surface area contributed by atoms with Crippen LogP contribution in [0.4, 0.5) is 17.1 Å². The quantitative estimate of drug-likeness (QED) is 0.0647. The lowest BCUT2D eigenvalue weighted by atomic mass is 10.1. The maximum atomic E-state index is 9.00. The van der Waals surface area contributed by atoms with Gasteiger partial charge < -0.3 is 49.0 Å². The van der Waals surface area contributed by atoms with Gasteiger partial charge in [0, 0.05) is 116 Å². The second kappa shape index (κ2) is 33.4. The van der Waals surface area contributed by atoms with Gasteiger partial charge in [0.2, 0.25) is 0 Å². The van der Waals surface area contributed by atoms with E-state index in [0.717, 1.165) is 160 Å². The molecule has 0 radical (unpaired) electrons. The Morgan fingerprint density at radius 1 is 0.262 bits per heavy atom. The zero-order valence-electron chi connectivity index (χ0n) is 58.4. The van der Waals surface area contributed by atoms with Crippen LogP contribution in [0.3, 0.4) is 0 Å². The molecule has 0 fully saturated rings. The monoisotopic (exact) mass is 1350 g/mol. The van der Waals surface area contributed by atoms with Gasteiger partial charge in [-0.05, 0) is 182 Å². The standard InChI is InChI=1S/3C29H25N3O.C2H4O2/c3*1-32(2)24-17-13-23(14-18-24)29-30-27(21-9-5-3-6-10-21)28(31-29)22-15-19-26(20-16-22)33-25-11-7-4-8-12-25;1-2(3)4/h3*3-20H,1-2H3,(H,30,31);1H3,(H,3,4). The highest BCUT2D eigenvalue weighted by Gasteiger charge is 2.20. The Bertz CT molecular complexity index is 4600. The number of carboxylic acids is 1. The number of aromatic nitrogens is 6. The summed E-state index contributed by atoms with van der Waals surface area (Å²) in [6.45, 7) is 1.08. The zero-order valence-corrected chi connectivity index (χ0v) is 58.4. The number of nitrogens with one attached hydrogen (secondary N) is 3. The fourth-order valence-electron chi connectivity index (χ4n) is 11.3. The summed E-state index contributed by atoms with van der Waals surface area (Å²) in [5.74, 6) is 6.55. The van der Waals surface area contributed by atoms with Crippen LogP contribution < -0.4 is 28.9 Å². The highest BCUT2D eigenvalue weighted by Crippen LogP contribution is 2.39. The van der Waals surface area contributed by atoms with Gasteiger partial charge in [-0.25, -0.2) is 15.0 Å². The number of imidazole rings is 3. The lowest BCUT2D eigenvalue weighted by molar-refractivity contribution is -0.134. The average molecular weight is 1350 g/mol. The summed E-state index contributed by atoms with van der Waals surface area (Å²) < 4.78 is 17.9. The number of aliphatic carboxylic acids is 1. The molecular weight excluding hydrogens is 1280 g/mol. The fourth-order valence-corrected chi connectivity index (χ4v) is 11.3. The van der Waals surface area contributed by atoms with Gasteiger partial charge in [-0.2, -0.15) is 0 Å². The molecule has 0 atom stereocenters. The second-order valence-corrected chi connectivity index (χ2v) is 24.7. The molecule has 0 unspecified atom stereocenters. The maximum absolute atomic E-state index is 9.00. The molecule has 0 spiro atoms. The molecule has 510 valence electrons. The lowest BCUT2D eigenvalue weighted by Crippen LogP contribution is -2.07. The number of anilines is 3. The first-order valence-electron chi connectivity index (χ1n) is 33.7. The van der Waals surface area contributed by atoms with Crippen LogP contribution in [0.5, 0.6) is 34.5 Å². The van der Waals surface area contributed by atoms with E-state index in [9.17, 15) is 0 Å². The molecule has 0 saturated heterocycles. The Hall–Kier alpha value is -13.5. The van der Waals surface area contributed by atoms with Gasteiger partial charge in [0.05, 0.1) is 34.2 Å². The van der Waals surface area contributed by atoms with Crippen molar-refractivity contribution in [2.75, 3.05) is 57.0 Å². The number of nitrogens with zero attached hydrogens (tertiary/aromatic N) is 6. The minimum absolute atomic E-state index is 0.797. The molecule has 0 aliphatic rings. The van der Waals surface area contributed by atoms with Crippen molar-refractivity contribution in [3.8, 4) is 136 Å². The second-order valence-electron chi connectivity index (χ2n) is 24.7. The highest BCUT2D eigenvalue weighted by molar-refractivity contribution is 5.85. The predicted octanol–water partition coefficient (Wildman–Crippen LogP) is 21.9. The number of hydrogen-bond acceptors (Lipinski definition) is 10. The van der Waals surface area contributed by atoms with E-state index in [1.807, 2.05) is 224 Å². The van der Waals surface area contributed by atoms with Crippen molar-refractivity contribution in [1.82, 2.24) is 29.9 Å². The number of rotatable bonds is 18. The average Bonchev–Trinajstić information content (AvgIpc) is 1.59. The van der Waals surface area contributed by atoms with Crippen LogP contribution in [-0.4, -0.2) is 83.3 Å². The third-order valence-electron chi connectivity index (χ3n) is 16.6. The summed E-state index contributed by atoms with van der Waals surface area (Å²) in [7, 11) is 12.2. The molecule has 12 aromatic carbocycles. The molecule has 15 rings (SSSR count). The molecule has 14 nitrogen and oxygen atoms in total. The highest BCUT2D eigenvalue weighted by atomic mass is 16.5. The van der Waals surface area contributed by atoms with Crippen LogP contribution in [0.25, 0.3) is 102 Å². The van der Waals surface area contributed by atoms with Crippen LogP contribution in [0, 0.1) is 0 Å². The molecule has 3 heterocycles. The lowest BCUT2D eigenvalue weighted by Gasteiger charge is -2.12. The van der Waals surface area contributed by atoms with E-state index >= 15 is 0 Å². The molecule has 4 N–H and O–H groups in total. The van der Waals surface area contributed by atoms with Crippen molar-refractivity contribution >= 4 is 23.0 Å². The van der Waals surface area contributed by atoms with Gasteiger partial charge in [0.1, 0.15) is 52.0 Å². The summed E-state index contributed by atoms with van der Waals surface area (Å²) in [5.41, 5.74) is 18.7. The summed E-state index contributed by atoms with van der Waals surface area (Å²) in [5, 5.41) is 7.42. The number of H-pyrrole nitrogens is 3. The molecule has 0 saturated carbocycles. The maximum Gasteiger partial charge on any atom is 0.300 e. The van der Waals surface area contributed by atoms with Gasteiger partial charge in [0.15, 0.2) is 0 Å². The van der Waals surface area contributed by atoms with Crippen molar-refractivity contribution in [1.29, 1.82) is 0 Å². The van der Waals surface area contributed by atoms with Crippen LogP contribution in [0.1, 0.15) is 6.92 Å². The smallest absolute Gasteiger partial charge is 0.300 e. The molecular formula is C89H79N9O5. The van der Waals surface area contributed by atoms with Crippen molar-refractivity contribution in [3.63, 3.8) is 0 Å². The number of carbonyl (C=O) groups is 1.